The molecule has 10 rings (SSSR count). The minimum absolute atomic E-state index is 0.153. The Kier molecular flexibility index (Phi) is 5.00. The number of oxazole rings is 1. The van der Waals surface area contributed by atoms with Crippen LogP contribution >= 0.6 is 31.5 Å². The van der Waals surface area contributed by atoms with Crippen molar-refractivity contribution >= 4 is 75.9 Å². The molecule has 2 aromatic carbocycles. The molecule has 0 amide bonds. The van der Waals surface area contributed by atoms with E-state index in [1.54, 1.807) is 37.3 Å². The highest BCUT2D eigenvalue weighted by atomic mass is 32.4. The molecule has 3 N–H and O–H groups in total. The van der Waals surface area contributed by atoms with Gasteiger partial charge in [0.15, 0.2) is 10.8 Å². The van der Waals surface area contributed by atoms with Crippen LogP contribution < -0.4 is 0 Å². The number of H-pyrrole nitrogens is 3. The van der Waals surface area contributed by atoms with E-state index in [2.05, 4.69) is 32.1 Å². The van der Waals surface area contributed by atoms with Crippen LogP contribution in [0.15, 0.2) is 137 Å². The summed E-state index contributed by atoms with van der Waals surface area (Å²) in [6.45, 7) is 0. The maximum Gasteiger partial charge on any atom is 0.274 e. The molecule has 0 atom stereocenters. The Labute approximate surface area is 271 Å². The first kappa shape index (κ1) is 26.4. The van der Waals surface area contributed by atoms with E-state index in [0.717, 1.165) is 21.8 Å². The van der Waals surface area contributed by atoms with E-state index in [4.69, 9.17) is 42.5 Å². The van der Waals surface area contributed by atoms with Crippen LogP contribution in [0.3, 0.4) is 0 Å². The van der Waals surface area contributed by atoms with Gasteiger partial charge < -0.3 is 19.4 Å². The van der Waals surface area contributed by atoms with Gasteiger partial charge >= 0.3 is 0 Å². The van der Waals surface area contributed by atoms with Gasteiger partial charge in [0.1, 0.15) is 33.9 Å². The van der Waals surface area contributed by atoms with Gasteiger partial charge in [0.2, 0.25) is 5.16 Å². The van der Waals surface area contributed by atoms with Crippen molar-refractivity contribution in [2.24, 2.45) is 8.80 Å². The summed E-state index contributed by atoms with van der Waals surface area (Å²) in [6.07, 6.45) is 11.5. The summed E-state index contributed by atoms with van der Waals surface area (Å²) in [7, 11) is -5.59. The maximum absolute atomic E-state index is 6.52. The van der Waals surface area contributed by atoms with Gasteiger partial charge in [-0.1, -0.05) is 30.3 Å². The molecule has 9 aromatic rings. The summed E-state index contributed by atoms with van der Waals surface area (Å²) in [5, 5.41) is 7.09. The number of hydrogen-bond acceptors (Lipinski definition) is 12. The molecule has 0 saturated heterocycles. The molecule has 228 valence electrons. The standard InChI is InChI=1S/C31H20N12OS3/c1-2-6-20-18(4-1)19-5-3-7-23(24(19)39-20)47(29-33-9-10-34-29,31-35-11-13-44-31,30-36-16-22-27(40-30)38-17-37-22)42-25(21-8-14-46-41-21)26(43-47)28-32-12-15-45-28/h1-17,39H,(H,33,34)(H,36,37,38,40). The number of rotatable bonds is 6. The van der Waals surface area contributed by atoms with Crippen LogP contribution in [0.25, 0.3) is 33.0 Å². The summed E-state index contributed by atoms with van der Waals surface area (Å²) in [5.74, 6) is 0. The van der Waals surface area contributed by atoms with Gasteiger partial charge in [-0.25, -0.2) is 33.7 Å². The topological polar surface area (TPSA) is 175 Å². The molecule has 47 heavy (non-hydrogen) atoms. The number of aromatic nitrogens is 10. The first-order chi connectivity index (χ1) is 23.2. The van der Waals surface area contributed by atoms with E-state index in [0.29, 0.717) is 43.3 Å². The zero-order valence-corrected chi connectivity index (χ0v) is 26.4. The highest BCUT2D eigenvalue weighted by Gasteiger charge is 2.78. The van der Waals surface area contributed by atoms with Gasteiger partial charge in [-0.05, 0) is 29.7 Å². The minimum Gasteiger partial charge on any atom is -0.439 e. The van der Waals surface area contributed by atoms with Crippen LogP contribution in [0.4, 0.5) is 0 Å². The highest BCUT2D eigenvalue weighted by molar-refractivity contribution is 8.63. The molecule has 13 nitrogen and oxygen atoms in total. The van der Waals surface area contributed by atoms with Crippen molar-refractivity contribution in [3.8, 4) is 0 Å². The van der Waals surface area contributed by atoms with Crippen molar-refractivity contribution in [2.45, 2.75) is 20.4 Å². The van der Waals surface area contributed by atoms with E-state index in [1.165, 1.54) is 29.1 Å². The molecule has 0 radical (unpaired) electrons. The second kappa shape index (κ2) is 8.91. The lowest BCUT2D eigenvalue weighted by Crippen LogP contribution is -2.36. The number of thiazole rings is 1. The van der Waals surface area contributed by atoms with Crippen molar-refractivity contribution in [3.63, 3.8) is 0 Å². The molecule has 0 bridgehead atoms. The fourth-order valence-electron chi connectivity index (χ4n) is 6.60. The largest absolute Gasteiger partial charge is 0.439 e. The van der Waals surface area contributed by atoms with Crippen LogP contribution in [0.2, 0.25) is 0 Å². The normalized spacial score (nSPS) is 18.0. The Morgan fingerprint density at radius 3 is 2.53 bits per heavy atom. The van der Waals surface area contributed by atoms with Crippen molar-refractivity contribution < 1.29 is 4.42 Å². The zero-order valence-electron chi connectivity index (χ0n) is 24.0. The van der Waals surface area contributed by atoms with Gasteiger partial charge in [-0.3, -0.25) is 0 Å². The molecule has 7 aromatic heterocycles. The van der Waals surface area contributed by atoms with Crippen molar-refractivity contribution in [2.75, 3.05) is 0 Å². The lowest BCUT2D eigenvalue weighted by Gasteiger charge is -2.64. The Balaban J connectivity index is 1.58. The molecular weight excluding hydrogens is 653 g/mol. The Hall–Kier alpha value is -5.84. The fraction of sp³-hybridized carbons (Fsp3) is 0. The third-order valence-electron chi connectivity index (χ3n) is 8.55. The monoisotopic (exact) mass is 672 g/mol. The number of para-hydroxylation sites is 2. The number of fused-ring (bicyclic) bond motifs is 4. The average Bonchev–Trinajstić information content (AvgIpc) is 3.97. The predicted octanol–water partition coefficient (Wildman–Crippen LogP) is 6.85. The van der Waals surface area contributed by atoms with E-state index in [9.17, 15) is 0 Å². The third-order valence-corrected chi connectivity index (χ3v) is 15.8. The number of hydrogen-bond donors (Lipinski definition) is 3. The van der Waals surface area contributed by atoms with Crippen molar-refractivity contribution in [1.82, 2.24) is 49.2 Å². The number of nitrogens with zero attached hydrogens (tertiary/aromatic N) is 9. The number of imidazole rings is 2. The molecule has 0 fully saturated rings. The van der Waals surface area contributed by atoms with E-state index in [1.807, 2.05) is 47.2 Å². The molecule has 0 unspecified atom stereocenters. The van der Waals surface area contributed by atoms with Crippen molar-refractivity contribution in [1.29, 1.82) is 0 Å². The maximum atomic E-state index is 6.52. The van der Waals surface area contributed by atoms with Crippen LogP contribution in [0.5, 0.6) is 0 Å². The van der Waals surface area contributed by atoms with Gasteiger partial charge in [0.25, 0.3) is 5.22 Å². The van der Waals surface area contributed by atoms with Gasteiger partial charge in [0.05, 0.1) is 37.8 Å². The SMILES string of the molecule is c1ccc2c(c1)[nH]c1c(S3(c4ncc5[nH]cnc5n4)(c4ncc[nH]4)(c4ncco4)N=C(c4ccsn4)C(c4nccs4)=N3)cccc12. The van der Waals surface area contributed by atoms with Crippen molar-refractivity contribution in [3.05, 3.63) is 114 Å². The van der Waals surface area contributed by atoms with E-state index >= 15 is 0 Å². The molecule has 0 aliphatic carbocycles. The predicted molar refractivity (Wildman–Crippen MR) is 181 cm³/mol. The highest BCUT2D eigenvalue weighted by Crippen LogP contribution is 3.08. The average molecular weight is 673 g/mol. The number of aromatic amines is 3. The Morgan fingerprint density at radius 1 is 0.766 bits per heavy atom. The first-order valence-corrected chi connectivity index (χ1v) is 18.4. The molecule has 0 spiro atoms. The first-order valence-electron chi connectivity index (χ1n) is 14.3. The third kappa shape index (κ3) is 2.98. The molecular formula is C31H20N12OS3. The quantitative estimate of drug-likeness (QED) is 0.161. The molecule has 8 heterocycles. The van der Waals surface area contributed by atoms with Gasteiger partial charge in [-0.2, -0.15) is 9.36 Å². The molecule has 0 saturated carbocycles. The summed E-state index contributed by atoms with van der Waals surface area (Å²) in [6, 6.07) is 16.1. The van der Waals surface area contributed by atoms with Crippen LogP contribution in [0, 0.1) is 0 Å². The van der Waals surface area contributed by atoms with Crippen LogP contribution in [-0.2, 0) is 0 Å². The minimum atomic E-state index is -5.59. The summed E-state index contributed by atoms with van der Waals surface area (Å²) in [5.41, 5.74) is 4.32. The van der Waals surface area contributed by atoms with E-state index in [-0.39, 0.29) is 10.4 Å². The summed E-state index contributed by atoms with van der Waals surface area (Å²) < 4.78 is 23.1. The number of benzene rings is 2. The molecule has 1 aliphatic heterocycles. The number of nitrogens with one attached hydrogen (secondary N) is 3. The molecule has 1 aliphatic rings. The Bertz CT molecular complexity index is 2600. The summed E-state index contributed by atoms with van der Waals surface area (Å²) >= 11 is 2.75. The second-order valence-corrected chi connectivity index (χ2v) is 17.2. The lowest BCUT2D eigenvalue weighted by atomic mass is 10.1. The van der Waals surface area contributed by atoms with Crippen LogP contribution in [0.1, 0.15) is 10.7 Å². The Morgan fingerprint density at radius 2 is 1.70 bits per heavy atom. The zero-order chi connectivity index (χ0) is 31.1. The fourth-order valence-corrected chi connectivity index (χ4v) is 13.8. The summed E-state index contributed by atoms with van der Waals surface area (Å²) in [4.78, 5) is 40.4. The molecule has 16 heteroatoms. The lowest BCUT2D eigenvalue weighted by molar-refractivity contribution is 0.438. The smallest absolute Gasteiger partial charge is 0.274 e. The van der Waals surface area contributed by atoms with E-state index < -0.39 is 8.67 Å². The van der Waals surface area contributed by atoms with Crippen LogP contribution in [-0.4, -0.2) is 60.7 Å². The van der Waals surface area contributed by atoms with Gasteiger partial charge in [0, 0.05) is 45.6 Å². The van der Waals surface area contributed by atoms with Gasteiger partial charge in [-0.15, -0.1) is 11.3 Å². The second-order valence-electron chi connectivity index (χ2n) is 10.9.